The Morgan fingerprint density at radius 1 is 0.367 bits per heavy atom. The van der Waals surface area contributed by atoms with Crippen LogP contribution in [0, 0.1) is 73.6 Å². The third-order valence-electron chi connectivity index (χ3n) is 17.9. The first-order chi connectivity index (χ1) is 42.8. The molecule has 0 unspecified atom stereocenters. The van der Waals surface area contributed by atoms with Gasteiger partial charge in [0.2, 0.25) is 17.1 Å². The predicted molar refractivity (Wildman–Crippen MR) is 380 cm³/mol. The summed E-state index contributed by atoms with van der Waals surface area (Å²) in [6, 6.07) is 53.1. The molecule has 0 aliphatic carbocycles. The topological polar surface area (TPSA) is 50.3 Å². The maximum Gasteiger partial charge on any atom is 0.220 e. The first kappa shape index (κ1) is 64.0. The molecule has 456 valence electrons. The van der Waals surface area contributed by atoms with Gasteiger partial charge in [-0.3, -0.25) is 15.0 Å². The molecule has 0 saturated heterocycles. The summed E-state index contributed by atoms with van der Waals surface area (Å²) in [4.78, 5) is 14.2. The summed E-state index contributed by atoms with van der Waals surface area (Å²) in [5, 5.41) is 7.61. The monoisotopic (exact) mass is 1190 g/mol. The largest absolute Gasteiger partial charge is 0.261 e. The number of hydrogen-bond acceptors (Lipinski definition) is 3. The Balaban J connectivity index is 0.000000149. The van der Waals surface area contributed by atoms with Crippen molar-refractivity contribution in [1.29, 1.82) is 0 Å². The van der Waals surface area contributed by atoms with E-state index in [-0.39, 0.29) is 5.41 Å². The summed E-state index contributed by atoms with van der Waals surface area (Å²) in [5.74, 6) is 1.05. The molecule has 90 heavy (non-hydrogen) atoms. The Labute approximate surface area is 537 Å². The minimum Gasteiger partial charge on any atom is -0.261 e. The minimum absolute atomic E-state index is 0.235. The second kappa shape index (κ2) is 26.6. The predicted octanol–water partition coefficient (Wildman–Crippen LogP) is 19.9. The third kappa shape index (κ3) is 13.7. The van der Waals surface area contributed by atoms with E-state index in [1.54, 1.807) is 0 Å². The molecule has 12 aromatic rings. The molecule has 0 aliphatic rings. The fourth-order valence-electron chi connectivity index (χ4n) is 13.1. The highest BCUT2D eigenvalue weighted by atomic mass is 14.9. The average Bonchev–Trinajstić information content (AvgIpc) is 0.777. The lowest BCUT2D eigenvalue weighted by molar-refractivity contribution is -0.658. The number of fused-ring (bicyclic) bond motifs is 3. The van der Waals surface area contributed by atoms with Gasteiger partial charge in [0.15, 0.2) is 18.6 Å². The summed E-state index contributed by atoms with van der Waals surface area (Å²) in [6.45, 7) is 35.4. The molecule has 6 heteroatoms. The average molecular weight is 1190 g/mol. The SMILES string of the molecule is Cc1cc(C)c(C)c(-c2c3ccccc3c(-c3ccc(C(C)C)nc3)c[n+]2C)c1.Cc1cc(C)c(C)c(-c2c3ccccc3c(-c3ccc(CC(C)(C)C)nc3)c[n+]2C)c1.Cc1cc(C)c(C)c(-c2c3ccccc3c(-c3ccc(CC(C)C)nc3)c[n+]2C)c1. The van der Waals surface area contributed by atoms with Gasteiger partial charge in [-0.05, 0) is 180 Å². The maximum absolute atomic E-state index is 4.79. The van der Waals surface area contributed by atoms with Gasteiger partial charge < -0.3 is 0 Å². The summed E-state index contributed by atoms with van der Waals surface area (Å²) >= 11 is 0. The molecule has 6 heterocycles. The highest BCUT2D eigenvalue weighted by molar-refractivity contribution is 6.04. The molecular weight excluding hydrogens is 1090 g/mol. The minimum atomic E-state index is 0.235. The lowest BCUT2D eigenvalue weighted by Crippen LogP contribution is -2.31. The van der Waals surface area contributed by atoms with Gasteiger partial charge in [-0.15, -0.1) is 0 Å². The van der Waals surface area contributed by atoms with E-state index in [1.807, 2.05) is 18.6 Å². The lowest BCUT2D eigenvalue weighted by atomic mass is 9.90. The van der Waals surface area contributed by atoms with E-state index in [1.165, 1.54) is 133 Å². The molecule has 6 aromatic heterocycles. The number of pyridine rings is 6. The van der Waals surface area contributed by atoms with Gasteiger partial charge in [-0.2, -0.15) is 13.7 Å². The zero-order valence-corrected chi connectivity index (χ0v) is 57.1. The van der Waals surface area contributed by atoms with Crippen molar-refractivity contribution in [1.82, 2.24) is 15.0 Å². The van der Waals surface area contributed by atoms with Crippen molar-refractivity contribution in [3.8, 4) is 67.2 Å². The van der Waals surface area contributed by atoms with Gasteiger partial charge >= 0.3 is 0 Å². The second-order valence-electron chi connectivity index (χ2n) is 27.4. The van der Waals surface area contributed by atoms with Gasteiger partial charge in [0, 0.05) is 68.5 Å². The zero-order chi connectivity index (χ0) is 64.5. The molecule has 0 amide bonds. The van der Waals surface area contributed by atoms with E-state index in [9.17, 15) is 0 Å². The second-order valence-corrected chi connectivity index (χ2v) is 27.4. The van der Waals surface area contributed by atoms with Gasteiger partial charge in [-0.1, -0.05) is 156 Å². The molecule has 12 rings (SSSR count). The van der Waals surface area contributed by atoms with Crippen LogP contribution in [0.1, 0.15) is 122 Å². The molecule has 0 bridgehead atoms. The van der Waals surface area contributed by atoms with Crippen LogP contribution >= 0.6 is 0 Å². The standard InChI is InChI=1S/C29H33N2.C28H31N2.C27H29N2/c1-19-14-20(2)21(3)26(15-19)28-25-11-9-8-10-24(25)27(18-31(28)7)22-12-13-23(30-17-22)16-29(4,5)6;1-18(2)13-23-12-11-22(16-29-23)27-17-30(6)28(25-10-8-7-9-24(25)27)26-15-19(3)14-20(4)21(26)5;1-17(2)26-12-11-21(15-28-26)25-16-29(6)27(23-10-8-7-9-22(23)25)24-14-18(3)13-19(4)20(24)5/h8-15,17-18H,16H2,1-7H3;7-12,14-18H,13H2,1-6H3;7-17H,1-6H3/q3*+1. The number of nitrogens with zero attached hydrogens (tertiary/aromatic N) is 6. The van der Waals surface area contributed by atoms with Crippen LogP contribution in [0.5, 0.6) is 0 Å². The first-order valence-electron chi connectivity index (χ1n) is 32.2. The van der Waals surface area contributed by atoms with Crippen molar-refractivity contribution in [2.45, 2.75) is 130 Å². The molecular formula is C84H93N6+3. The Kier molecular flexibility index (Phi) is 18.9. The van der Waals surface area contributed by atoms with Gasteiger partial charge in [0.25, 0.3) is 0 Å². The summed E-state index contributed by atoms with van der Waals surface area (Å²) in [5.41, 5.74) is 30.4. The van der Waals surface area contributed by atoms with Crippen LogP contribution < -0.4 is 13.7 Å². The van der Waals surface area contributed by atoms with Gasteiger partial charge in [0.05, 0.1) is 49.5 Å². The molecule has 0 radical (unpaired) electrons. The Hall–Kier alpha value is -9.00. The van der Waals surface area contributed by atoms with Gasteiger partial charge in [0.1, 0.15) is 21.1 Å². The summed E-state index contributed by atoms with van der Waals surface area (Å²) in [6.07, 6.45) is 14.8. The van der Waals surface area contributed by atoms with E-state index >= 15 is 0 Å². The molecule has 6 aromatic carbocycles. The molecule has 6 nitrogen and oxygen atoms in total. The van der Waals surface area contributed by atoms with Crippen molar-refractivity contribution >= 4 is 32.3 Å². The molecule has 0 fully saturated rings. The van der Waals surface area contributed by atoms with E-state index in [4.69, 9.17) is 15.0 Å². The fourth-order valence-corrected chi connectivity index (χ4v) is 13.1. The van der Waals surface area contributed by atoms with Crippen LogP contribution in [-0.4, -0.2) is 15.0 Å². The summed E-state index contributed by atoms with van der Waals surface area (Å²) in [7, 11) is 6.46. The van der Waals surface area contributed by atoms with Crippen molar-refractivity contribution in [3.63, 3.8) is 0 Å². The van der Waals surface area contributed by atoms with E-state index in [2.05, 4.69) is 310 Å². The zero-order valence-electron chi connectivity index (χ0n) is 57.1. The first-order valence-corrected chi connectivity index (χ1v) is 32.2. The number of rotatable bonds is 10. The van der Waals surface area contributed by atoms with Crippen LogP contribution in [0.2, 0.25) is 0 Å². The smallest absolute Gasteiger partial charge is 0.220 e. The van der Waals surface area contributed by atoms with Crippen LogP contribution in [0.15, 0.2) is 183 Å². The molecule has 0 N–H and O–H groups in total. The van der Waals surface area contributed by atoms with Crippen molar-refractivity contribution in [3.05, 3.63) is 250 Å². The van der Waals surface area contributed by atoms with Crippen molar-refractivity contribution < 1.29 is 13.7 Å². The Morgan fingerprint density at radius 2 is 0.689 bits per heavy atom. The highest BCUT2D eigenvalue weighted by Crippen LogP contribution is 2.39. The number of hydrogen-bond donors (Lipinski definition) is 0. The highest BCUT2D eigenvalue weighted by Gasteiger charge is 2.26. The third-order valence-corrected chi connectivity index (χ3v) is 17.9. The Morgan fingerprint density at radius 3 is 0.978 bits per heavy atom. The maximum atomic E-state index is 4.79. The van der Waals surface area contributed by atoms with Crippen molar-refractivity contribution in [2.24, 2.45) is 32.5 Å². The van der Waals surface area contributed by atoms with E-state index in [0.717, 1.165) is 46.6 Å². The number of aromatic nitrogens is 6. The van der Waals surface area contributed by atoms with Gasteiger partial charge in [-0.25, -0.2) is 0 Å². The van der Waals surface area contributed by atoms with E-state index in [0.29, 0.717) is 11.8 Å². The molecule has 0 saturated carbocycles. The summed E-state index contributed by atoms with van der Waals surface area (Å²) < 4.78 is 6.83. The molecule has 0 spiro atoms. The number of aryl methyl sites for hydroxylation is 9. The normalized spacial score (nSPS) is 11.6. The van der Waals surface area contributed by atoms with Crippen LogP contribution in [-0.2, 0) is 34.0 Å². The fraction of sp³-hybridized carbons (Fsp3) is 0.286. The van der Waals surface area contributed by atoms with E-state index < -0.39 is 0 Å². The lowest BCUT2D eigenvalue weighted by Gasteiger charge is -2.17. The van der Waals surface area contributed by atoms with Crippen molar-refractivity contribution in [2.75, 3.05) is 0 Å². The van der Waals surface area contributed by atoms with Crippen LogP contribution in [0.3, 0.4) is 0 Å². The molecule has 0 atom stereocenters. The number of benzene rings is 6. The van der Waals surface area contributed by atoms with Crippen LogP contribution in [0.4, 0.5) is 0 Å². The Bertz CT molecular complexity index is 4620. The quantitative estimate of drug-likeness (QED) is 0.128. The molecule has 0 aliphatic heterocycles. The van der Waals surface area contributed by atoms with Crippen LogP contribution in [0.25, 0.3) is 99.5 Å².